The molecule has 0 aromatic heterocycles. The van der Waals surface area contributed by atoms with Gasteiger partial charge in [-0.05, 0) is 49.7 Å². The number of carbonyl (C=O) groups excluding carboxylic acids is 2. The molecule has 2 aromatic carbocycles. The molecule has 9 heteroatoms. The number of amides is 1. The molecular formula is C29H32N2O7. The number of aliphatic hydroxyl groups is 2. The summed E-state index contributed by atoms with van der Waals surface area (Å²) in [6.45, 7) is 0.792. The van der Waals surface area contributed by atoms with Crippen LogP contribution in [0, 0.1) is 0 Å². The average Bonchev–Trinajstić information content (AvgIpc) is 3.28. The first kappa shape index (κ1) is 24.9. The van der Waals surface area contributed by atoms with Crippen molar-refractivity contribution in [3.8, 4) is 11.5 Å². The number of rotatable bonds is 7. The van der Waals surface area contributed by atoms with E-state index in [2.05, 4.69) is 10.2 Å². The van der Waals surface area contributed by atoms with Crippen molar-refractivity contribution in [3.63, 3.8) is 0 Å². The Hall–Kier alpha value is -3.40. The van der Waals surface area contributed by atoms with E-state index in [0.29, 0.717) is 42.1 Å². The van der Waals surface area contributed by atoms with Crippen LogP contribution in [-0.2, 0) is 26.2 Å². The Bertz CT molecular complexity index is 1310. The number of nitrogens with zero attached hydrogens (tertiary/aromatic N) is 1. The maximum atomic E-state index is 12.9. The number of likely N-dealkylation sites (tertiary alicyclic amines) is 1. The Morgan fingerprint density at radius 3 is 2.79 bits per heavy atom. The fourth-order valence-corrected chi connectivity index (χ4v) is 6.94. The van der Waals surface area contributed by atoms with Gasteiger partial charge in [0.15, 0.2) is 23.7 Å². The maximum Gasteiger partial charge on any atom is 0.312 e. The molecule has 2 aromatic rings. The molecule has 1 unspecified atom stereocenters. The summed E-state index contributed by atoms with van der Waals surface area (Å²) < 4.78 is 17.9. The first-order chi connectivity index (χ1) is 18.3. The molecule has 3 N–H and O–H groups in total. The zero-order valence-electron chi connectivity index (χ0n) is 21.5. The van der Waals surface area contributed by atoms with Crippen LogP contribution in [0.25, 0.3) is 0 Å². The van der Waals surface area contributed by atoms with Gasteiger partial charge in [0, 0.05) is 24.6 Å². The highest BCUT2D eigenvalue weighted by atomic mass is 16.6. The molecule has 2 heterocycles. The zero-order valence-corrected chi connectivity index (χ0v) is 21.5. The maximum absolute atomic E-state index is 12.9. The highest BCUT2D eigenvalue weighted by Crippen LogP contribution is 2.65. The summed E-state index contributed by atoms with van der Waals surface area (Å²) in [7, 11) is 3.63. The summed E-state index contributed by atoms with van der Waals surface area (Å²) in [5.74, 6) is 0.475. The van der Waals surface area contributed by atoms with Crippen molar-refractivity contribution in [3.05, 3.63) is 71.0 Å². The molecular weight excluding hydrogens is 488 g/mol. The van der Waals surface area contributed by atoms with Gasteiger partial charge in [-0.2, -0.15) is 0 Å². The molecule has 1 fully saturated rings. The van der Waals surface area contributed by atoms with Gasteiger partial charge in [-0.3, -0.25) is 9.59 Å². The van der Waals surface area contributed by atoms with Crippen molar-refractivity contribution in [2.45, 2.75) is 54.9 Å². The highest BCUT2D eigenvalue weighted by molar-refractivity contribution is 5.82. The molecule has 2 aliphatic heterocycles. The normalized spacial score (nSPS) is 29.4. The topological polar surface area (TPSA) is 118 Å². The summed E-state index contributed by atoms with van der Waals surface area (Å²) in [4.78, 5) is 27.4. The number of ether oxygens (including phenoxy) is 3. The summed E-state index contributed by atoms with van der Waals surface area (Å²) in [5, 5.41) is 25.1. The Kier molecular flexibility index (Phi) is 5.97. The monoisotopic (exact) mass is 520 g/mol. The lowest BCUT2D eigenvalue weighted by molar-refractivity contribution is -0.169. The summed E-state index contributed by atoms with van der Waals surface area (Å²) in [6.07, 6.45) is 1.39. The van der Waals surface area contributed by atoms with Gasteiger partial charge in [0.2, 0.25) is 0 Å². The second kappa shape index (κ2) is 9.11. The van der Waals surface area contributed by atoms with E-state index < -0.39 is 35.1 Å². The smallest absolute Gasteiger partial charge is 0.312 e. The van der Waals surface area contributed by atoms with Crippen molar-refractivity contribution in [2.75, 3.05) is 27.2 Å². The summed E-state index contributed by atoms with van der Waals surface area (Å²) in [5.41, 5.74) is 0.741. The van der Waals surface area contributed by atoms with Crippen LogP contribution in [0.5, 0.6) is 11.5 Å². The molecule has 4 aliphatic rings. The van der Waals surface area contributed by atoms with Crippen LogP contribution < -0.4 is 14.8 Å². The quantitative estimate of drug-likeness (QED) is 0.473. The Labute approximate surface area is 221 Å². The molecule has 5 atom stereocenters. The third-order valence-electron chi connectivity index (χ3n) is 8.78. The molecule has 38 heavy (non-hydrogen) atoms. The number of likely N-dealkylation sites (N-methyl/N-ethyl adjacent to an activating group) is 1. The second-order valence-corrected chi connectivity index (χ2v) is 10.6. The average molecular weight is 521 g/mol. The zero-order chi connectivity index (χ0) is 26.7. The predicted molar refractivity (Wildman–Crippen MR) is 137 cm³/mol. The lowest BCUT2D eigenvalue weighted by Gasteiger charge is -2.61. The number of methoxy groups -OCH3 is 1. The summed E-state index contributed by atoms with van der Waals surface area (Å²) >= 11 is 0. The molecule has 1 amide bonds. The van der Waals surface area contributed by atoms with E-state index in [1.165, 1.54) is 0 Å². The fraction of sp³-hybridized carbons (Fsp3) is 0.448. The minimum absolute atomic E-state index is 0.0144. The van der Waals surface area contributed by atoms with Gasteiger partial charge in [-0.15, -0.1) is 0 Å². The molecule has 9 nitrogen and oxygen atoms in total. The van der Waals surface area contributed by atoms with Crippen LogP contribution in [0.15, 0.2) is 54.3 Å². The van der Waals surface area contributed by atoms with Gasteiger partial charge in [-0.1, -0.05) is 36.4 Å². The first-order valence-electron chi connectivity index (χ1n) is 13.0. The molecule has 2 aliphatic carbocycles. The second-order valence-electron chi connectivity index (χ2n) is 10.6. The molecule has 2 bridgehead atoms. The number of aliphatic hydroxyl groups excluding tert-OH is 1. The van der Waals surface area contributed by atoms with E-state index in [0.717, 1.165) is 17.7 Å². The van der Waals surface area contributed by atoms with E-state index in [4.69, 9.17) is 14.2 Å². The SMILES string of the molecule is COc1ccc2c3c1O[C@H]1C(OC(=O)CCNC(=O)C(O)c4ccccc4)=CC[C@@]4(O)[C@@H](C2)N(C)CC[C@]314. The van der Waals surface area contributed by atoms with Crippen molar-refractivity contribution in [1.82, 2.24) is 10.2 Å². The van der Waals surface area contributed by atoms with Crippen LogP contribution in [0.4, 0.5) is 0 Å². The van der Waals surface area contributed by atoms with Crippen molar-refractivity contribution in [1.29, 1.82) is 0 Å². The predicted octanol–water partition coefficient (Wildman–Crippen LogP) is 1.76. The van der Waals surface area contributed by atoms with Crippen molar-refractivity contribution < 1.29 is 34.0 Å². The van der Waals surface area contributed by atoms with Crippen LogP contribution in [0.2, 0.25) is 0 Å². The van der Waals surface area contributed by atoms with E-state index in [9.17, 15) is 19.8 Å². The van der Waals surface area contributed by atoms with Crippen LogP contribution in [0.3, 0.4) is 0 Å². The van der Waals surface area contributed by atoms with E-state index in [1.807, 2.05) is 19.2 Å². The number of piperidine rings is 1. The number of benzene rings is 2. The van der Waals surface area contributed by atoms with Crippen molar-refractivity contribution in [2.24, 2.45) is 0 Å². The van der Waals surface area contributed by atoms with Gasteiger partial charge in [0.05, 0.1) is 24.5 Å². The number of nitrogens with one attached hydrogen (secondary N) is 1. The molecule has 0 radical (unpaired) electrons. The highest BCUT2D eigenvalue weighted by Gasteiger charge is 2.72. The fourth-order valence-electron chi connectivity index (χ4n) is 6.94. The van der Waals surface area contributed by atoms with E-state index in [1.54, 1.807) is 43.5 Å². The van der Waals surface area contributed by atoms with Gasteiger partial charge in [0.1, 0.15) is 5.76 Å². The van der Waals surface area contributed by atoms with E-state index >= 15 is 0 Å². The van der Waals surface area contributed by atoms with Crippen molar-refractivity contribution >= 4 is 11.9 Å². The Morgan fingerprint density at radius 2 is 2.03 bits per heavy atom. The van der Waals surface area contributed by atoms with Gasteiger partial charge >= 0.3 is 5.97 Å². The third kappa shape index (κ3) is 3.49. The summed E-state index contributed by atoms with van der Waals surface area (Å²) in [6, 6.07) is 12.4. The van der Waals surface area contributed by atoms with E-state index in [-0.39, 0.29) is 19.0 Å². The minimum Gasteiger partial charge on any atom is -0.493 e. The van der Waals surface area contributed by atoms with Crippen LogP contribution in [0.1, 0.15) is 42.1 Å². The number of hydrogen-bond donors (Lipinski definition) is 3. The lowest BCUT2D eigenvalue weighted by Crippen LogP contribution is -2.74. The van der Waals surface area contributed by atoms with Gasteiger partial charge in [-0.25, -0.2) is 0 Å². The van der Waals surface area contributed by atoms with Gasteiger partial charge < -0.3 is 34.6 Å². The number of esters is 1. The number of carbonyl (C=O) groups is 2. The number of hydrogen-bond acceptors (Lipinski definition) is 8. The minimum atomic E-state index is -1.32. The molecule has 0 saturated carbocycles. The largest absolute Gasteiger partial charge is 0.493 e. The molecule has 1 saturated heterocycles. The van der Waals surface area contributed by atoms with Crippen LogP contribution in [-0.4, -0.2) is 72.0 Å². The Balaban J connectivity index is 1.20. The molecule has 1 spiro atoms. The lowest BCUT2D eigenvalue weighted by atomic mass is 9.50. The first-order valence-corrected chi connectivity index (χ1v) is 13.0. The standard InChI is InChI=1S/C29H32N2O7/c1-31-15-13-28-23-18-8-9-19(36-2)25(23)38-26(28)20(10-12-29(28,35)21(31)16-18)37-22(32)11-14-30-27(34)24(33)17-6-4-3-5-7-17/h3-10,21,24,26,33,35H,11-16H2,1-2H3,(H,30,34)/t21-,24?,26+,28+,29-/m1/s1. The molecule has 6 rings (SSSR count). The Morgan fingerprint density at radius 1 is 1.24 bits per heavy atom. The van der Waals surface area contributed by atoms with Crippen LogP contribution >= 0.6 is 0 Å². The molecule has 200 valence electrons. The van der Waals surface area contributed by atoms with Gasteiger partial charge in [0.25, 0.3) is 5.91 Å². The third-order valence-corrected chi connectivity index (χ3v) is 8.78.